The molecule has 2 heteroatoms. The Bertz CT molecular complexity index is 17.5. The molecular weight excluding hydrogens is 193 g/mol. The van der Waals surface area contributed by atoms with E-state index >= 15 is 0 Å². The monoisotopic (exact) mass is 204 g/mol. The summed E-state index contributed by atoms with van der Waals surface area (Å²) in [6, 6.07) is 0. The standard InChI is InChI=1S/C4H8Ge2/c5-3-1-2-4-6/h1-4H2. The molecule has 6 radical (unpaired) electrons. The molecule has 0 spiro atoms. The van der Waals surface area contributed by atoms with E-state index in [1.807, 2.05) is 0 Å². The van der Waals surface area contributed by atoms with E-state index in [0.717, 1.165) is 0 Å². The number of rotatable bonds is 3. The molecule has 0 aliphatic carbocycles. The third kappa shape index (κ3) is 5.09. The molecule has 32 valence electrons. The molecule has 0 atom stereocenters. The Balaban J connectivity index is 2.34. The fourth-order valence-corrected chi connectivity index (χ4v) is 1.30. The third-order valence-electron chi connectivity index (χ3n) is 0.604. The maximum absolute atomic E-state index is 2.23. The average Bonchev–Trinajstić information content (AvgIpc) is 1.61. The van der Waals surface area contributed by atoms with Gasteiger partial charge in [0, 0.05) is 0 Å². The van der Waals surface area contributed by atoms with Gasteiger partial charge in [-0.25, -0.2) is 0 Å². The summed E-state index contributed by atoms with van der Waals surface area (Å²) in [7, 11) is 0. The van der Waals surface area contributed by atoms with Crippen molar-refractivity contribution in [1.82, 2.24) is 0 Å². The van der Waals surface area contributed by atoms with Gasteiger partial charge in [-0.1, -0.05) is 0 Å². The first-order valence-electron chi connectivity index (χ1n) is 2.21. The van der Waals surface area contributed by atoms with Crippen LogP contribution in [0.1, 0.15) is 12.8 Å². The quantitative estimate of drug-likeness (QED) is 0.471. The molecule has 0 bridgehead atoms. The van der Waals surface area contributed by atoms with Crippen LogP contribution in [-0.2, 0) is 0 Å². The van der Waals surface area contributed by atoms with Crippen molar-refractivity contribution in [3.05, 3.63) is 0 Å². The number of unbranched alkanes of at least 4 members (excludes halogenated alkanes) is 1. The zero-order chi connectivity index (χ0) is 4.83. The zero-order valence-electron chi connectivity index (χ0n) is 3.83. The topological polar surface area (TPSA) is 0 Å². The summed E-state index contributed by atoms with van der Waals surface area (Å²) in [5.41, 5.74) is 0. The maximum atomic E-state index is 2.23. The molecule has 0 unspecified atom stereocenters. The van der Waals surface area contributed by atoms with Gasteiger partial charge in [-0.05, 0) is 0 Å². The average molecular weight is 201 g/mol. The Labute approximate surface area is 56.5 Å². The van der Waals surface area contributed by atoms with Crippen molar-refractivity contribution < 1.29 is 0 Å². The summed E-state index contributed by atoms with van der Waals surface area (Å²) in [5.74, 6) is 0. The van der Waals surface area contributed by atoms with Crippen LogP contribution >= 0.6 is 0 Å². The summed E-state index contributed by atoms with van der Waals surface area (Å²) in [6.07, 6.45) is 2.83. The van der Waals surface area contributed by atoms with Crippen molar-refractivity contribution >= 4 is 33.0 Å². The van der Waals surface area contributed by atoms with Gasteiger partial charge in [0.05, 0.1) is 0 Å². The molecule has 0 saturated heterocycles. The van der Waals surface area contributed by atoms with Crippen LogP contribution in [-0.4, -0.2) is 33.0 Å². The van der Waals surface area contributed by atoms with Crippen LogP contribution in [0.4, 0.5) is 0 Å². The van der Waals surface area contributed by atoms with Crippen LogP contribution in [0.2, 0.25) is 10.5 Å². The number of hydrogen-bond acceptors (Lipinski definition) is 0. The van der Waals surface area contributed by atoms with E-state index in [9.17, 15) is 0 Å². The van der Waals surface area contributed by atoms with Crippen LogP contribution in [0.3, 0.4) is 0 Å². The molecule has 0 amide bonds. The molecule has 0 fully saturated rings. The Kier molecular flexibility index (Phi) is 7.19. The van der Waals surface area contributed by atoms with E-state index in [2.05, 4.69) is 33.0 Å². The van der Waals surface area contributed by atoms with E-state index in [1.54, 1.807) is 0 Å². The summed E-state index contributed by atoms with van der Waals surface area (Å²) in [6.45, 7) is 0. The van der Waals surface area contributed by atoms with Crippen LogP contribution in [0.5, 0.6) is 0 Å². The predicted molar refractivity (Wildman–Crippen MR) is 30.4 cm³/mol. The summed E-state index contributed by atoms with van der Waals surface area (Å²) < 4.78 is 0. The molecule has 6 heavy (non-hydrogen) atoms. The van der Waals surface area contributed by atoms with Crippen molar-refractivity contribution in [1.29, 1.82) is 0 Å². The molecule has 0 aromatic rings. The van der Waals surface area contributed by atoms with Gasteiger partial charge in [-0.15, -0.1) is 0 Å². The van der Waals surface area contributed by atoms with Gasteiger partial charge >= 0.3 is 56.4 Å². The predicted octanol–water partition coefficient (Wildman–Crippen LogP) is 0.940. The fraction of sp³-hybridized carbons (Fsp3) is 1.00. The Morgan fingerprint density at radius 1 is 0.833 bits per heavy atom. The first-order chi connectivity index (χ1) is 2.91. The zero-order valence-corrected chi connectivity index (χ0v) is 8.02. The van der Waals surface area contributed by atoms with Crippen molar-refractivity contribution in [2.75, 3.05) is 0 Å². The van der Waals surface area contributed by atoms with Crippen LogP contribution in [0.15, 0.2) is 0 Å². The second-order valence-electron chi connectivity index (χ2n) is 1.21. The normalized spacial score (nSPS) is 9.00. The van der Waals surface area contributed by atoms with E-state index in [1.165, 1.54) is 23.3 Å². The molecular formula is C4H8Ge2. The van der Waals surface area contributed by atoms with Crippen molar-refractivity contribution in [3.8, 4) is 0 Å². The molecule has 0 nitrogen and oxygen atoms in total. The van der Waals surface area contributed by atoms with E-state index < -0.39 is 0 Å². The summed E-state index contributed by atoms with van der Waals surface area (Å²) >= 11 is 4.46. The first kappa shape index (κ1) is 7.09. The van der Waals surface area contributed by atoms with E-state index in [4.69, 9.17) is 0 Å². The van der Waals surface area contributed by atoms with E-state index in [-0.39, 0.29) is 0 Å². The third-order valence-corrected chi connectivity index (χ3v) is 2.09. The minimum absolute atomic E-state index is 1.36. The molecule has 0 aromatic heterocycles. The van der Waals surface area contributed by atoms with Gasteiger partial charge in [0.15, 0.2) is 0 Å². The molecule has 0 aliphatic rings. The van der Waals surface area contributed by atoms with Gasteiger partial charge in [0.2, 0.25) is 0 Å². The Morgan fingerprint density at radius 2 is 1.17 bits per heavy atom. The first-order valence-corrected chi connectivity index (χ1v) is 5.17. The van der Waals surface area contributed by atoms with Gasteiger partial charge < -0.3 is 0 Å². The van der Waals surface area contributed by atoms with Gasteiger partial charge in [0.25, 0.3) is 0 Å². The summed E-state index contributed by atoms with van der Waals surface area (Å²) in [4.78, 5) is 0. The van der Waals surface area contributed by atoms with Gasteiger partial charge in [0.1, 0.15) is 0 Å². The number of hydrogen-bond donors (Lipinski definition) is 0. The van der Waals surface area contributed by atoms with Gasteiger partial charge in [-0.2, -0.15) is 0 Å². The van der Waals surface area contributed by atoms with Crippen molar-refractivity contribution in [2.45, 2.75) is 23.3 Å². The van der Waals surface area contributed by atoms with Crippen LogP contribution < -0.4 is 0 Å². The molecule has 0 aromatic carbocycles. The molecule has 0 aliphatic heterocycles. The molecule has 0 saturated carbocycles. The van der Waals surface area contributed by atoms with Crippen LogP contribution in [0, 0.1) is 0 Å². The Hall–Kier alpha value is 1.09. The van der Waals surface area contributed by atoms with Crippen molar-refractivity contribution in [3.63, 3.8) is 0 Å². The molecule has 0 N–H and O–H groups in total. The summed E-state index contributed by atoms with van der Waals surface area (Å²) in [5, 5.41) is 2.71. The molecule has 0 rings (SSSR count). The van der Waals surface area contributed by atoms with Crippen LogP contribution in [0.25, 0.3) is 0 Å². The van der Waals surface area contributed by atoms with Gasteiger partial charge in [-0.3, -0.25) is 0 Å². The fourth-order valence-electron chi connectivity index (χ4n) is 0.250. The van der Waals surface area contributed by atoms with E-state index in [0.29, 0.717) is 0 Å². The minimum atomic E-state index is 1.36. The Morgan fingerprint density at radius 3 is 1.33 bits per heavy atom. The van der Waals surface area contributed by atoms with Crippen molar-refractivity contribution in [2.24, 2.45) is 0 Å². The second-order valence-corrected chi connectivity index (χ2v) is 3.31. The second kappa shape index (κ2) is 6.09. The molecule has 0 heterocycles. The SMILES string of the molecule is [Ge][CH2]CC[CH2][Ge].